The van der Waals surface area contributed by atoms with Crippen molar-refractivity contribution in [1.29, 1.82) is 0 Å². The molecule has 2 aromatic carbocycles. The molecular weight excluding hydrogens is 392 g/mol. The fourth-order valence-electron chi connectivity index (χ4n) is 3.28. The van der Waals surface area contributed by atoms with Crippen LogP contribution in [0.5, 0.6) is 5.75 Å². The first-order valence-corrected chi connectivity index (χ1v) is 9.44. The second kappa shape index (κ2) is 8.42. The number of carbonyl (C=O) groups is 1. The highest BCUT2D eigenvalue weighted by Crippen LogP contribution is 2.36. The molecule has 134 valence electrons. The summed E-state index contributed by atoms with van der Waals surface area (Å²) in [4.78, 5) is 11.6. The van der Waals surface area contributed by atoms with Crippen molar-refractivity contribution in [1.82, 2.24) is 0 Å². The van der Waals surface area contributed by atoms with Crippen LogP contribution in [0.4, 0.5) is 0 Å². The van der Waals surface area contributed by atoms with Crippen molar-refractivity contribution >= 4 is 21.9 Å². The van der Waals surface area contributed by atoms with Crippen molar-refractivity contribution in [2.75, 3.05) is 7.11 Å². The van der Waals surface area contributed by atoms with E-state index in [4.69, 9.17) is 9.47 Å². The lowest BCUT2D eigenvalue weighted by atomic mass is 9.96. The Labute approximate surface area is 162 Å². The molecule has 0 aromatic heterocycles. The van der Waals surface area contributed by atoms with Crippen molar-refractivity contribution in [2.24, 2.45) is 0 Å². The molecule has 0 saturated heterocycles. The third-order valence-electron chi connectivity index (χ3n) is 4.61. The van der Waals surface area contributed by atoms with E-state index in [-0.39, 0.29) is 24.4 Å². The summed E-state index contributed by atoms with van der Waals surface area (Å²) in [7, 11) is 1.40. The number of benzene rings is 2. The largest absolute Gasteiger partial charge is 0.486 e. The van der Waals surface area contributed by atoms with Gasteiger partial charge in [0, 0.05) is 4.47 Å². The smallest absolute Gasteiger partial charge is 0.307 e. The van der Waals surface area contributed by atoms with E-state index < -0.39 is 0 Å². The molecule has 2 atom stereocenters. The second-order valence-corrected chi connectivity index (χ2v) is 7.20. The van der Waals surface area contributed by atoms with Crippen LogP contribution < -0.4 is 4.74 Å². The molecule has 4 heteroatoms. The molecule has 26 heavy (non-hydrogen) atoms. The van der Waals surface area contributed by atoms with Gasteiger partial charge in [-0.1, -0.05) is 40.0 Å². The first-order valence-electron chi connectivity index (χ1n) is 8.64. The molecule has 1 aliphatic carbocycles. The lowest BCUT2D eigenvalue weighted by Crippen LogP contribution is -2.08. The average molecular weight is 413 g/mol. The average Bonchev–Trinajstić information content (AvgIpc) is 3.04. The van der Waals surface area contributed by atoms with Crippen LogP contribution in [0.3, 0.4) is 0 Å². The van der Waals surface area contributed by atoms with Gasteiger partial charge in [-0.3, -0.25) is 4.79 Å². The van der Waals surface area contributed by atoms with Gasteiger partial charge in [0.25, 0.3) is 0 Å². The molecule has 0 bridgehead atoms. The monoisotopic (exact) mass is 412 g/mol. The fourth-order valence-corrected chi connectivity index (χ4v) is 3.66. The Morgan fingerprint density at radius 3 is 2.73 bits per heavy atom. The van der Waals surface area contributed by atoms with E-state index in [1.165, 1.54) is 18.2 Å². The van der Waals surface area contributed by atoms with E-state index in [9.17, 15) is 4.79 Å². The lowest BCUT2D eigenvalue weighted by Gasteiger charge is -2.16. The summed E-state index contributed by atoms with van der Waals surface area (Å²) in [5, 5.41) is 0. The molecule has 0 N–H and O–H groups in total. The molecule has 0 aliphatic heterocycles. The Morgan fingerprint density at radius 1 is 1.27 bits per heavy atom. The maximum Gasteiger partial charge on any atom is 0.307 e. The molecule has 2 aromatic rings. The number of halogens is 1. The highest BCUT2D eigenvalue weighted by Gasteiger charge is 2.24. The first-order chi connectivity index (χ1) is 12.6. The summed E-state index contributed by atoms with van der Waals surface area (Å²) in [6, 6.07) is 14.2. The van der Waals surface area contributed by atoms with Gasteiger partial charge in [0.05, 0.1) is 19.4 Å². The zero-order valence-electron chi connectivity index (χ0n) is 14.9. The van der Waals surface area contributed by atoms with Crippen molar-refractivity contribution in [2.45, 2.75) is 38.2 Å². The number of ether oxygens (including phenoxy) is 2. The summed E-state index contributed by atoms with van der Waals surface area (Å²) in [5.41, 5.74) is 3.60. The minimum atomic E-state index is -0.258. The maximum atomic E-state index is 11.6. The quantitative estimate of drug-likeness (QED) is 0.500. The van der Waals surface area contributed by atoms with Crippen molar-refractivity contribution in [3.05, 3.63) is 63.6 Å². The number of fused-ring (bicyclic) bond motifs is 1. The summed E-state index contributed by atoms with van der Waals surface area (Å²) < 4.78 is 12.0. The maximum absolute atomic E-state index is 11.6. The predicted octanol–water partition coefficient (Wildman–Crippen LogP) is 5.19. The van der Waals surface area contributed by atoms with Crippen LogP contribution in [0, 0.1) is 11.8 Å². The van der Waals surface area contributed by atoms with Gasteiger partial charge in [-0.15, -0.1) is 5.92 Å². The molecule has 3 rings (SSSR count). The number of aryl methyl sites for hydroxylation is 1. The normalized spacial score (nSPS) is 16.2. The fraction of sp³-hybridized carbons (Fsp3) is 0.318. The highest BCUT2D eigenvalue weighted by molar-refractivity contribution is 9.10. The lowest BCUT2D eigenvalue weighted by molar-refractivity contribution is -0.140. The Kier molecular flexibility index (Phi) is 6.00. The van der Waals surface area contributed by atoms with Crippen LogP contribution in [0.15, 0.2) is 46.9 Å². The number of carbonyl (C=O) groups excluding carboxylic acids is 1. The van der Waals surface area contributed by atoms with Crippen LogP contribution in [-0.2, 0) is 16.0 Å². The van der Waals surface area contributed by atoms with E-state index in [0.29, 0.717) is 0 Å². The highest BCUT2D eigenvalue weighted by atomic mass is 79.9. The third kappa shape index (κ3) is 4.28. The van der Waals surface area contributed by atoms with Gasteiger partial charge in [-0.25, -0.2) is 0 Å². The summed E-state index contributed by atoms with van der Waals surface area (Å²) in [6.07, 6.45) is 2.36. The van der Waals surface area contributed by atoms with Gasteiger partial charge in [0.15, 0.2) is 0 Å². The molecule has 0 amide bonds. The Morgan fingerprint density at radius 2 is 2.04 bits per heavy atom. The van der Waals surface area contributed by atoms with Crippen LogP contribution in [0.2, 0.25) is 0 Å². The Hall–Kier alpha value is -2.25. The van der Waals surface area contributed by atoms with Gasteiger partial charge >= 0.3 is 5.97 Å². The second-order valence-electron chi connectivity index (χ2n) is 6.28. The molecular formula is C22H21BrO3. The standard InChI is InChI=1S/C22H21BrO3/c1-3-4-17(13-22(24)25-2)15-6-10-19(11-7-15)26-21-12-8-16-5-9-18(23)14-20(16)21/h5-7,9-11,14,17,21H,8,12-13H2,1-2H3/t17-,21?/m0/s1. The number of hydrogen-bond donors (Lipinski definition) is 0. The minimum absolute atomic E-state index is 0.0784. The SMILES string of the molecule is CC#C[C@@H](CC(=O)OC)c1ccc(OC2CCc3ccc(Br)cc32)cc1. The van der Waals surface area contributed by atoms with E-state index in [0.717, 1.165) is 28.6 Å². The van der Waals surface area contributed by atoms with E-state index in [1.54, 1.807) is 6.92 Å². The summed E-state index contributed by atoms with van der Waals surface area (Å²) in [6.45, 7) is 1.78. The molecule has 1 unspecified atom stereocenters. The van der Waals surface area contributed by atoms with Crippen LogP contribution >= 0.6 is 15.9 Å². The number of hydrogen-bond acceptors (Lipinski definition) is 3. The number of rotatable bonds is 5. The number of methoxy groups -OCH3 is 1. The van der Waals surface area contributed by atoms with Crippen molar-refractivity contribution in [3.8, 4) is 17.6 Å². The van der Waals surface area contributed by atoms with Gasteiger partial charge in [-0.2, -0.15) is 0 Å². The Bertz CT molecular complexity index is 846. The summed E-state index contributed by atoms with van der Waals surface area (Å²) >= 11 is 3.54. The summed E-state index contributed by atoms with van der Waals surface area (Å²) in [5.74, 6) is 6.38. The molecule has 0 fully saturated rings. The zero-order chi connectivity index (χ0) is 18.5. The van der Waals surface area contributed by atoms with Crippen LogP contribution in [-0.4, -0.2) is 13.1 Å². The molecule has 3 nitrogen and oxygen atoms in total. The first kappa shape index (κ1) is 18.5. The Balaban J connectivity index is 1.73. The van der Waals surface area contributed by atoms with E-state index >= 15 is 0 Å². The van der Waals surface area contributed by atoms with Crippen molar-refractivity contribution in [3.63, 3.8) is 0 Å². The predicted molar refractivity (Wildman–Crippen MR) is 105 cm³/mol. The van der Waals surface area contributed by atoms with Crippen LogP contribution in [0.1, 0.15) is 48.5 Å². The molecule has 0 heterocycles. The van der Waals surface area contributed by atoms with Crippen molar-refractivity contribution < 1.29 is 14.3 Å². The number of esters is 1. The van der Waals surface area contributed by atoms with Gasteiger partial charge in [0.2, 0.25) is 0 Å². The molecule has 0 saturated carbocycles. The van der Waals surface area contributed by atoms with E-state index in [1.807, 2.05) is 24.3 Å². The van der Waals surface area contributed by atoms with E-state index in [2.05, 4.69) is 46.0 Å². The zero-order valence-corrected chi connectivity index (χ0v) is 16.5. The van der Waals surface area contributed by atoms with Gasteiger partial charge < -0.3 is 9.47 Å². The van der Waals surface area contributed by atoms with Gasteiger partial charge in [-0.05, 0) is 60.7 Å². The minimum Gasteiger partial charge on any atom is -0.486 e. The van der Waals surface area contributed by atoms with Crippen LogP contribution in [0.25, 0.3) is 0 Å². The molecule has 0 radical (unpaired) electrons. The topological polar surface area (TPSA) is 35.5 Å². The molecule has 1 aliphatic rings. The molecule has 0 spiro atoms. The third-order valence-corrected chi connectivity index (χ3v) is 5.10. The van der Waals surface area contributed by atoms with Gasteiger partial charge in [0.1, 0.15) is 11.9 Å².